The van der Waals surface area contributed by atoms with Crippen molar-refractivity contribution >= 4 is 23.4 Å². The first kappa shape index (κ1) is 12.4. The molecule has 0 saturated carbocycles. The summed E-state index contributed by atoms with van der Waals surface area (Å²) in [7, 11) is 0. The van der Waals surface area contributed by atoms with Crippen LogP contribution in [0.2, 0.25) is 5.02 Å². The Bertz CT molecular complexity index is 492. The Morgan fingerprint density at radius 3 is 2.62 bits per heavy atom. The number of ketones is 1. The van der Waals surface area contributed by atoms with Crippen molar-refractivity contribution in [3.05, 3.63) is 32.7 Å². The lowest BCUT2D eigenvalue weighted by molar-refractivity contribution is 0.0519. The van der Waals surface area contributed by atoms with Crippen molar-refractivity contribution in [2.24, 2.45) is 0 Å². The minimum absolute atomic E-state index is 0.0254. The Morgan fingerprint density at radius 1 is 1.50 bits per heavy atom. The van der Waals surface area contributed by atoms with Gasteiger partial charge in [-0.1, -0.05) is 11.6 Å². The molecular weight excluding hydrogens is 234 g/mol. The maximum absolute atomic E-state index is 11.4. The van der Waals surface area contributed by atoms with Crippen LogP contribution in [0.3, 0.4) is 0 Å². The zero-order valence-corrected chi connectivity index (χ0v) is 9.55. The van der Waals surface area contributed by atoms with E-state index in [4.69, 9.17) is 16.3 Å². The molecular formula is C10H10ClNO4. The molecule has 0 saturated heterocycles. The van der Waals surface area contributed by atoms with E-state index in [-0.39, 0.29) is 28.8 Å². The fraction of sp³-hybridized carbons (Fsp3) is 0.300. The van der Waals surface area contributed by atoms with Crippen LogP contribution in [0.25, 0.3) is 0 Å². The average Bonchev–Trinajstić information content (AvgIpc) is 2.21. The third-order valence-corrected chi connectivity index (χ3v) is 2.21. The first-order chi connectivity index (χ1) is 7.47. The zero-order valence-electron chi connectivity index (χ0n) is 8.80. The van der Waals surface area contributed by atoms with Crippen molar-refractivity contribution < 1.29 is 14.3 Å². The highest BCUT2D eigenvalue weighted by molar-refractivity contribution is 6.33. The molecule has 0 spiro atoms. The van der Waals surface area contributed by atoms with Gasteiger partial charge in [0, 0.05) is 13.0 Å². The molecule has 0 amide bonds. The lowest BCUT2D eigenvalue weighted by Gasteiger charge is -2.05. The van der Waals surface area contributed by atoms with E-state index in [1.165, 1.54) is 6.92 Å². The van der Waals surface area contributed by atoms with Crippen molar-refractivity contribution in [1.29, 1.82) is 0 Å². The van der Waals surface area contributed by atoms with Gasteiger partial charge in [0.05, 0.1) is 12.3 Å². The Hall–Kier alpha value is -1.62. The minimum Gasteiger partial charge on any atom is -0.461 e. The van der Waals surface area contributed by atoms with Crippen molar-refractivity contribution in [2.75, 3.05) is 6.61 Å². The van der Waals surface area contributed by atoms with Crippen LogP contribution in [0.15, 0.2) is 10.9 Å². The first-order valence-electron chi connectivity index (χ1n) is 4.58. The van der Waals surface area contributed by atoms with Gasteiger partial charge < -0.3 is 9.72 Å². The largest absolute Gasteiger partial charge is 0.461 e. The summed E-state index contributed by atoms with van der Waals surface area (Å²) in [5.41, 5.74) is -0.757. The van der Waals surface area contributed by atoms with Crippen molar-refractivity contribution in [3.63, 3.8) is 0 Å². The van der Waals surface area contributed by atoms with Crippen LogP contribution < -0.4 is 5.43 Å². The number of rotatable bonds is 3. The molecule has 0 aliphatic carbocycles. The van der Waals surface area contributed by atoms with E-state index in [2.05, 4.69) is 4.98 Å². The van der Waals surface area contributed by atoms with E-state index in [0.29, 0.717) is 0 Å². The topological polar surface area (TPSA) is 76.2 Å². The lowest BCUT2D eigenvalue weighted by atomic mass is 10.2. The Balaban J connectivity index is 3.32. The monoisotopic (exact) mass is 243 g/mol. The molecule has 1 N–H and O–H groups in total. The summed E-state index contributed by atoms with van der Waals surface area (Å²) < 4.78 is 4.69. The number of H-pyrrole nitrogens is 1. The quantitative estimate of drug-likeness (QED) is 0.643. The van der Waals surface area contributed by atoms with Gasteiger partial charge in [0.15, 0.2) is 5.78 Å². The number of esters is 1. The molecule has 1 aromatic heterocycles. The molecule has 0 aliphatic heterocycles. The number of aromatic amines is 1. The molecule has 0 bridgehead atoms. The fourth-order valence-corrected chi connectivity index (χ4v) is 1.26. The third-order valence-electron chi connectivity index (χ3n) is 1.83. The highest BCUT2D eigenvalue weighted by Crippen LogP contribution is 2.10. The van der Waals surface area contributed by atoms with E-state index < -0.39 is 11.4 Å². The maximum atomic E-state index is 11.4. The lowest BCUT2D eigenvalue weighted by Crippen LogP contribution is -2.17. The van der Waals surface area contributed by atoms with Crippen molar-refractivity contribution in [2.45, 2.75) is 13.8 Å². The maximum Gasteiger partial charge on any atom is 0.356 e. The molecule has 6 heteroatoms. The number of hydrogen-bond donors (Lipinski definition) is 1. The van der Waals surface area contributed by atoms with Crippen molar-refractivity contribution in [3.8, 4) is 0 Å². The molecule has 5 nitrogen and oxygen atoms in total. The summed E-state index contributed by atoms with van der Waals surface area (Å²) in [5, 5.41) is -0.275. The molecule has 0 aromatic carbocycles. The number of aromatic nitrogens is 1. The summed E-state index contributed by atoms with van der Waals surface area (Å²) in [6.07, 6.45) is 0. The molecule has 0 atom stereocenters. The molecule has 0 fully saturated rings. The minimum atomic E-state index is -0.757. The van der Waals surface area contributed by atoms with Gasteiger partial charge in [-0.15, -0.1) is 0 Å². The van der Waals surface area contributed by atoms with Gasteiger partial charge in [-0.2, -0.15) is 0 Å². The number of hydrogen-bond acceptors (Lipinski definition) is 4. The van der Waals surface area contributed by atoms with Gasteiger partial charge in [0.2, 0.25) is 5.43 Å². The van der Waals surface area contributed by atoms with E-state index in [1.807, 2.05) is 0 Å². The van der Waals surface area contributed by atoms with E-state index in [1.54, 1.807) is 6.92 Å². The molecule has 1 rings (SSSR count). The molecule has 16 heavy (non-hydrogen) atoms. The molecule has 1 heterocycles. The van der Waals surface area contributed by atoms with Crippen LogP contribution >= 0.6 is 11.6 Å². The molecule has 86 valence electrons. The average molecular weight is 244 g/mol. The van der Waals surface area contributed by atoms with Gasteiger partial charge in [-0.3, -0.25) is 9.59 Å². The van der Waals surface area contributed by atoms with Gasteiger partial charge in [0.25, 0.3) is 0 Å². The summed E-state index contributed by atoms with van der Waals surface area (Å²) >= 11 is 5.64. The summed E-state index contributed by atoms with van der Waals surface area (Å²) in [6, 6.07) is 1.05. The van der Waals surface area contributed by atoms with Crippen molar-refractivity contribution in [1.82, 2.24) is 4.98 Å². The summed E-state index contributed by atoms with van der Waals surface area (Å²) in [5.74, 6) is -1.12. The number of halogens is 1. The number of carbonyl (C=O) groups is 2. The first-order valence-corrected chi connectivity index (χ1v) is 4.96. The summed E-state index contributed by atoms with van der Waals surface area (Å²) in [4.78, 5) is 36.3. The van der Waals surface area contributed by atoms with E-state index in [9.17, 15) is 14.4 Å². The Morgan fingerprint density at radius 2 is 2.12 bits per heavy atom. The smallest absolute Gasteiger partial charge is 0.356 e. The van der Waals surface area contributed by atoms with Gasteiger partial charge in [-0.05, 0) is 6.92 Å². The summed E-state index contributed by atoms with van der Waals surface area (Å²) in [6.45, 7) is 3.05. The van der Waals surface area contributed by atoms with E-state index in [0.717, 1.165) is 6.07 Å². The highest BCUT2D eigenvalue weighted by atomic mass is 35.5. The van der Waals surface area contributed by atoms with Gasteiger partial charge >= 0.3 is 5.97 Å². The number of nitrogens with one attached hydrogen (secondary N) is 1. The predicted molar refractivity (Wildman–Crippen MR) is 58.0 cm³/mol. The Labute approximate surface area is 96.4 Å². The van der Waals surface area contributed by atoms with Crippen LogP contribution in [0.4, 0.5) is 0 Å². The Kier molecular flexibility index (Phi) is 3.84. The normalized spacial score (nSPS) is 9.94. The van der Waals surface area contributed by atoms with Gasteiger partial charge in [-0.25, -0.2) is 4.79 Å². The SMILES string of the molecule is CCOC(=O)c1[nH]c(C(C)=O)cc(=O)c1Cl. The highest BCUT2D eigenvalue weighted by Gasteiger charge is 2.17. The molecule has 0 unspecified atom stereocenters. The number of ether oxygens (including phenoxy) is 1. The molecule has 1 aromatic rings. The van der Waals surface area contributed by atoms with Crippen LogP contribution in [0.5, 0.6) is 0 Å². The number of carbonyl (C=O) groups excluding carboxylic acids is 2. The second kappa shape index (κ2) is 4.94. The molecule has 0 radical (unpaired) electrons. The van der Waals surface area contributed by atoms with Crippen LogP contribution in [0.1, 0.15) is 34.8 Å². The van der Waals surface area contributed by atoms with Crippen LogP contribution in [-0.2, 0) is 4.74 Å². The standard InChI is InChI=1S/C10H10ClNO4/c1-3-16-10(15)9-8(11)7(14)4-6(12-9)5(2)13/h4H,3H2,1-2H3,(H,12,14). The third kappa shape index (κ3) is 2.49. The number of pyridine rings is 1. The second-order valence-electron chi connectivity index (χ2n) is 3.01. The number of Topliss-reactive ketones (excluding diaryl/α,β-unsaturated/α-hetero) is 1. The van der Waals surface area contributed by atoms with Crippen LogP contribution in [-0.4, -0.2) is 23.3 Å². The van der Waals surface area contributed by atoms with Gasteiger partial charge in [0.1, 0.15) is 10.7 Å². The predicted octanol–water partition coefficient (Wildman–Crippen LogP) is 1.41. The zero-order chi connectivity index (χ0) is 12.3. The van der Waals surface area contributed by atoms with Crippen LogP contribution in [0, 0.1) is 0 Å². The van der Waals surface area contributed by atoms with E-state index >= 15 is 0 Å². The fourth-order valence-electron chi connectivity index (χ4n) is 1.08. The molecule has 0 aliphatic rings. The second-order valence-corrected chi connectivity index (χ2v) is 3.39.